The first-order valence-electron chi connectivity index (χ1n) is 12.0. The normalized spacial score (nSPS) is 14.1. The summed E-state index contributed by atoms with van der Waals surface area (Å²) in [4.78, 5) is 19.3. The Morgan fingerprint density at radius 1 is 1.00 bits per heavy atom. The molecule has 3 heterocycles. The minimum Gasteiger partial charge on any atom is -0.493 e. The highest BCUT2D eigenvalue weighted by atomic mass is 16.5. The van der Waals surface area contributed by atoms with Crippen molar-refractivity contribution >= 4 is 28.0 Å². The van der Waals surface area contributed by atoms with Gasteiger partial charge in [-0.1, -0.05) is 0 Å². The number of hydrogen-bond donors (Lipinski definition) is 1. The molecule has 1 fully saturated rings. The van der Waals surface area contributed by atoms with Gasteiger partial charge in [-0.25, -0.2) is 0 Å². The summed E-state index contributed by atoms with van der Waals surface area (Å²) in [6.45, 7) is 6.69. The van der Waals surface area contributed by atoms with Gasteiger partial charge in [-0.3, -0.25) is 4.98 Å². The molecule has 0 bridgehead atoms. The second kappa shape index (κ2) is 10.2. The summed E-state index contributed by atoms with van der Waals surface area (Å²) in [6, 6.07) is 15.8. The van der Waals surface area contributed by atoms with Crippen LogP contribution in [0.3, 0.4) is 0 Å². The highest BCUT2D eigenvalue weighted by Gasteiger charge is 2.18. The maximum atomic E-state index is 10.2. The third kappa shape index (κ3) is 4.96. The molecule has 1 aliphatic heterocycles. The summed E-state index contributed by atoms with van der Waals surface area (Å²) >= 11 is 0. The van der Waals surface area contributed by atoms with Gasteiger partial charge in [0.25, 0.3) is 0 Å². The first kappa shape index (κ1) is 23.6. The van der Waals surface area contributed by atoms with Crippen molar-refractivity contribution in [2.45, 2.75) is 6.92 Å². The third-order valence-electron chi connectivity index (χ3n) is 6.36. The zero-order valence-corrected chi connectivity index (χ0v) is 20.8. The Balaban J connectivity index is 1.37. The quantitative estimate of drug-likeness (QED) is 0.407. The summed E-state index contributed by atoms with van der Waals surface area (Å²) in [5.41, 5.74) is 3.68. The molecule has 1 aliphatic rings. The smallest absolute Gasteiger partial charge is 0.325 e. The third-order valence-corrected chi connectivity index (χ3v) is 6.36. The number of aromatic nitrogens is 3. The van der Waals surface area contributed by atoms with Crippen molar-refractivity contribution in [1.29, 1.82) is 0 Å². The first-order chi connectivity index (χ1) is 17.5. The minimum absolute atomic E-state index is 0.0626. The van der Waals surface area contributed by atoms with Gasteiger partial charge >= 0.3 is 6.01 Å². The number of hydrogen-bond acceptors (Lipinski definition) is 9. The number of ether oxygens (including phenoxy) is 2. The van der Waals surface area contributed by atoms with Crippen LogP contribution in [0.4, 0.5) is 17.1 Å². The van der Waals surface area contributed by atoms with E-state index in [2.05, 4.69) is 54.9 Å². The average molecular weight is 487 g/mol. The predicted octanol–water partition coefficient (Wildman–Crippen LogP) is 4.44. The molecule has 2 aromatic carbocycles. The van der Waals surface area contributed by atoms with Crippen molar-refractivity contribution in [1.82, 2.24) is 19.9 Å². The van der Waals surface area contributed by atoms with Crippen LogP contribution < -0.4 is 19.3 Å². The van der Waals surface area contributed by atoms with E-state index in [1.165, 1.54) is 5.69 Å². The topological polar surface area (TPSA) is 87.1 Å². The van der Waals surface area contributed by atoms with Crippen molar-refractivity contribution < 1.29 is 14.6 Å². The van der Waals surface area contributed by atoms with Gasteiger partial charge in [-0.15, -0.1) is 0 Å². The van der Waals surface area contributed by atoms with Gasteiger partial charge in [0, 0.05) is 50.8 Å². The molecule has 0 spiro atoms. The van der Waals surface area contributed by atoms with E-state index in [0.717, 1.165) is 43.3 Å². The molecule has 1 N–H and O–H groups in total. The van der Waals surface area contributed by atoms with Crippen LogP contribution >= 0.6 is 0 Å². The molecule has 2 aromatic heterocycles. The summed E-state index contributed by atoms with van der Waals surface area (Å²) in [7, 11) is 4.19. The van der Waals surface area contributed by atoms with E-state index in [9.17, 15) is 5.11 Å². The number of pyridine rings is 1. The lowest BCUT2D eigenvalue weighted by atomic mass is 10.2. The first-order valence-corrected chi connectivity index (χ1v) is 12.0. The highest BCUT2D eigenvalue weighted by Crippen LogP contribution is 2.37. The Morgan fingerprint density at radius 3 is 2.53 bits per heavy atom. The van der Waals surface area contributed by atoms with Gasteiger partial charge < -0.3 is 29.3 Å². The van der Waals surface area contributed by atoms with Crippen molar-refractivity contribution in [2.24, 2.45) is 0 Å². The number of likely N-dealkylation sites (N-methyl/N-ethyl adjacent to an activating group) is 1. The Labute approximate surface area is 210 Å². The second-order valence-corrected chi connectivity index (χ2v) is 8.75. The number of fused-ring (bicyclic) bond motifs is 1. The largest absolute Gasteiger partial charge is 0.493 e. The molecule has 0 radical (unpaired) electrons. The number of aromatic hydroxyl groups is 1. The standard InChI is InChI=1S/C27H30N6O3/c1-4-35-25-10-7-20(33-15-13-31(2)14-16-33)17-24(25)32(3)19-5-8-21(9-6-19)36-27-29-23-18-28-12-11-22(23)26(34)30-27/h5-12,17-18H,4,13-16H2,1-3H3,(H,29,30,34). The van der Waals surface area contributed by atoms with Crippen molar-refractivity contribution in [3.63, 3.8) is 0 Å². The lowest BCUT2D eigenvalue weighted by Crippen LogP contribution is -2.44. The summed E-state index contributed by atoms with van der Waals surface area (Å²) in [6.07, 6.45) is 3.15. The summed E-state index contributed by atoms with van der Waals surface area (Å²) in [5, 5.41) is 10.7. The van der Waals surface area contributed by atoms with Gasteiger partial charge in [0.1, 0.15) is 11.5 Å². The molecule has 0 amide bonds. The van der Waals surface area contributed by atoms with Gasteiger partial charge in [-0.05, 0) is 62.5 Å². The van der Waals surface area contributed by atoms with Crippen molar-refractivity contribution in [3.05, 3.63) is 60.9 Å². The van der Waals surface area contributed by atoms with Gasteiger partial charge in [-0.2, -0.15) is 9.97 Å². The van der Waals surface area contributed by atoms with Crippen LogP contribution in [0.2, 0.25) is 0 Å². The maximum absolute atomic E-state index is 10.2. The fourth-order valence-corrected chi connectivity index (χ4v) is 4.28. The number of anilines is 3. The summed E-state index contributed by atoms with van der Waals surface area (Å²) < 4.78 is 11.8. The molecule has 9 heteroatoms. The fraction of sp³-hybridized carbons (Fsp3) is 0.296. The molecular formula is C27H30N6O3. The number of piperazine rings is 1. The minimum atomic E-state index is -0.141. The van der Waals surface area contributed by atoms with E-state index in [-0.39, 0.29) is 11.9 Å². The van der Waals surface area contributed by atoms with Crippen LogP contribution in [0.15, 0.2) is 60.9 Å². The molecule has 4 aromatic rings. The van der Waals surface area contributed by atoms with E-state index >= 15 is 0 Å². The van der Waals surface area contributed by atoms with Gasteiger partial charge in [0.2, 0.25) is 5.88 Å². The van der Waals surface area contributed by atoms with Crippen LogP contribution in [0.1, 0.15) is 6.92 Å². The Morgan fingerprint density at radius 2 is 1.78 bits per heavy atom. The number of rotatable bonds is 7. The van der Waals surface area contributed by atoms with Crippen LogP contribution in [0, 0.1) is 0 Å². The zero-order chi connectivity index (χ0) is 25.1. The molecule has 0 atom stereocenters. The monoisotopic (exact) mass is 486 g/mol. The lowest BCUT2D eigenvalue weighted by Gasteiger charge is -2.35. The van der Waals surface area contributed by atoms with E-state index in [0.29, 0.717) is 23.3 Å². The Kier molecular flexibility index (Phi) is 6.73. The Hall–Kier alpha value is -4.11. The summed E-state index contributed by atoms with van der Waals surface area (Å²) in [5.74, 6) is 1.26. The van der Waals surface area contributed by atoms with E-state index in [4.69, 9.17) is 9.47 Å². The van der Waals surface area contributed by atoms with Crippen LogP contribution in [-0.2, 0) is 0 Å². The van der Waals surface area contributed by atoms with E-state index in [1.54, 1.807) is 18.5 Å². The SMILES string of the molecule is CCOc1ccc(N2CCN(C)CC2)cc1N(C)c1ccc(Oc2nc(O)c3ccncc3n2)cc1. The molecule has 36 heavy (non-hydrogen) atoms. The molecule has 0 aliphatic carbocycles. The molecule has 5 rings (SSSR count). The molecule has 1 saturated heterocycles. The van der Waals surface area contributed by atoms with E-state index in [1.807, 2.05) is 38.2 Å². The van der Waals surface area contributed by atoms with E-state index < -0.39 is 0 Å². The van der Waals surface area contributed by atoms with Gasteiger partial charge in [0.15, 0.2) is 0 Å². The molecule has 186 valence electrons. The molecular weight excluding hydrogens is 456 g/mol. The van der Waals surface area contributed by atoms with Crippen molar-refractivity contribution in [3.8, 4) is 23.4 Å². The predicted molar refractivity (Wildman–Crippen MR) is 141 cm³/mol. The second-order valence-electron chi connectivity index (χ2n) is 8.75. The molecule has 9 nitrogen and oxygen atoms in total. The van der Waals surface area contributed by atoms with Gasteiger partial charge in [0.05, 0.1) is 29.4 Å². The van der Waals surface area contributed by atoms with Crippen LogP contribution in [0.25, 0.3) is 10.9 Å². The van der Waals surface area contributed by atoms with Crippen LogP contribution in [0.5, 0.6) is 23.4 Å². The fourth-order valence-electron chi connectivity index (χ4n) is 4.28. The molecule has 0 saturated carbocycles. The number of benzene rings is 2. The maximum Gasteiger partial charge on any atom is 0.325 e. The number of nitrogens with zero attached hydrogens (tertiary/aromatic N) is 6. The van der Waals surface area contributed by atoms with Crippen molar-refractivity contribution in [2.75, 3.05) is 56.7 Å². The highest BCUT2D eigenvalue weighted by molar-refractivity contribution is 5.82. The average Bonchev–Trinajstić information content (AvgIpc) is 2.90. The van der Waals surface area contributed by atoms with Crippen LogP contribution in [-0.4, -0.2) is 71.8 Å². The lowest BCUT2D eigenvalue weighted by molar-refractivity contribution is 0.312. The zero-order valence-electron chi connectivity index (χ0n) is 20.8. The Bertz CT molecular complexity index is 1340. The molecule has 0 unspecified atom stereocenters.